The highest BCUT2D eigenvalue weighted by Gasteiger charge is 2.26. The Balaban J connectivity index is 0.000000221. The third-order valence-corrected chi connectivity index (χ3v) is 13.9. The van der Waals surface area contributed by atoms with Crippen molar-refractivity contribution in [1.82, 2.24) is 9.80 Å². The van der Waals surface area contributed by atoms with Gasteiger partial charge in [-0.15, -0.1) is 0 Å². The molecule has 0 amide bonds. The maximum absolute atomic E-state index is 13.2. The van der Waals surface area contributed by atoms with Crippen molar-refractivity contribution >= 4 is 43.2 Å². The van der Waals surface area contributed by atoms with Crippen molar-refractivity contribution in [3.63, 3.8) is 0 Å². The first-order valence-corrected chi connectivity index (χ1v) is 23.3. The Morgan fingerprint density at radius 2 is 0.948 bits per heavy atom. The van der Waals surface area contributed by atoms with Crippen LogP contribution in [0.5, 0.6) is 0 Å². The Bertz CT molecular complexity index is 1940. The highest BCUT2D eigenvalue weighted by molar-refractivity contribution is 7.93. The summed E-state index contributed by atoms with van der Waals surface area (Å²) in [5, 5.41) is 0. The van der Waals surface area contributed by atoms with Gasteiger partial charge in [0.2, 0.25) is 20.0 Å². The fraction of sp³-hybridized carbons (Fsp3) is 0.409. The Hall–Kier alpha value is -4.60. The van der Waals surface area contributed by atoms with Crippen molar-refractivity contribution in [2.75, 3.05) is 73.0 Å². The first-order chi connectivity index (χ1) is 28.0. The van der Waals surface area contributed by atoms with Crippen LogP contribution in [0, 0.1) is 0 Å². The van der Waals surface area contributed by atoms with Crippen molar-refractivity contribution in [2.24, 2.45) is 5.73 Å². The normalized spacial score (nSPS) is 15.1. The summed E-state index contributed by atoms with van der Waals surface area (Å²) in [6.45, 7) is 5.38. The summed E-state index contributed by atoms with van der Waals surface area (Å²) in [6, 6.07) is 32.2. The van der Waals surface area contributed by atoms with Gasteiger partial charge in [0, 0.05) is 18.7 Å². The van der Waals surface area contributed by atoms with E-state index in [4.69, 9.17) is 10.5 Å². The van der Waals surface area contributed by atoms with E-state index in [-0.39, 0.29) is 36.9 Å². The summed E-state index contributed by atoms with van der Waals surface area (Å²) in [5.41, 5.74) is 9.31. The van der Waals surface area contributed by atoms with Crippen molar-refractivity contribution in [1.29, 1.82) is 0 Å². The number of carbonyl (C=O) groups is 2. The number of carbonyl (C=O) groups excluding carboxylic acids is 2. The van der Waals surface area contributed by atoms with Gasteiger partial charge in [-0.3, -0.25) is 13.4 Å². The lowest BCUT2D eigenvalue weighted by molar-refractivity contribution is 0.0600. The number of anilines is 2. The largest absolute Gasteiger partial charge is 0.465 e. The number of ether oxygens (including phenoxy) is 1. The number of esters is 1. The van der Waals surface area contributed by atoms with Crippen molar-refractivity contribution < 1.29 is 31.2 Å². The van der Waals surface area contributed by atoms with Gasteiger partial charge in [0.1, 0.15) is 0 Å². The first kappa shape index (κ1) is 44.5. The third kappa shape index (κ3) is 13.2. The molecule has 12 nitrogen and oxygen atoms in total. The van der Waals surface area contributed by atoms with Crippen LogP contribution in [-0.2, 0) is 37.9 Å². The Kier molecular flexibility index (Phi) is 16.8. The van der Waals surface area contributed by atoms with Crippen LogP contribution in [0.4, 0.5) is 11.4 Å². The fourth-order valence-electron chi connectivity index (χ4n) is 7.07. The molecule has 2 aliphatic heterocycles. The van der Waals surface area contributed by atoms with Gasteiger partial charge < -0.3 is 20.3 Å². The maximum atomic E-state index is 13.2. The second kappa shape index (κ2) is 22.0. The Labute approximate surface area is 344 Å². The summed E-state index contributed by atoms with van der Waals surface area (Å²) in [5.74, 6) is -0.371. The molecule has 2 aliphatic rings. The molecule has 0 atom stereocenters. The number of rotatable bonds is 17. The van der Waals surface area contributed by atoms with E-state index in [1.165, 1.54) is 28.6 Å². The van der Waals surface area contributed by atoms with Gasteiger partial charge in [-0.05, 0) is 99.4 Å². The number of Topliss-reactive ketones (excluding diaryl/α,β-unsaturated/α-hetero) is 1. The molecule has 2 saturated heterocycles. The number of benzene rings is 4. The van der Waals surface area contributed by atoms with Crippen LogP contribution < -0.4 is 14.3 Å². The second-order valence-electron chi connectivity index (χ2n) is 14.6. The number of methoxy groups -OCH3 is 1. The van der Waals surface area contributed by atoms with Crippen LogP contribution in [0.1, 0.15) is 70.4 Å². The number of hydrogen-bond donors (Lipinski definition) is 1. The van der Waals surface area contributed by atoms with Gasteiger partial charge in [0.05, 0.1) is 55.2 Å². The summed E-state index contributed by atoms with van der Waals surface area (Å²) >= 11 is 0. The second-order valence-corrected chi connectivity index (χ2v) is 18.7. The topological polar surface area (TPSA) is 151 Å². The number of nitrogens with zero attached hydrogens (tertiary/aromatic N) is 4. The van der Waals surface area contributed by atoms with E-state index < -0.39 is 26.0 Å². The Morgan fingerprint density at radius 1 is 0.569 bits per heavy atom. The van der Waals surface area contributed by atoms with Gasteiger partial charge in [0.15, 0.2) is 5.78 Å². The number of ketones is 1. The summed E-state index contributed by atoms with van der Waals surface area (Å²) in [4.78, 5) is 27.8. The molecule has 14 heteroatoms. The van der Waals surface area contributed by atoms with Crippen LogP contribution in [0.15, 0.2) is 109 Å². The molecule has 2 fully saturated rings. The highest BCUT2D eigenvalue weighted by Crippen LogP contribution is 2.24. The molecule has 0 aromatic heterocycles. The minimum atomic E-state index is -3.50. The molecule has 2 N–H and O–H groups in total. The van der Waals surface area contributed by atoms with Crippen molar-refractivity contribution in [2.45, 2.75) is 51.6 Å². The molecule has 0 unspecified atom stereocenters. The van der Waals surface area contributed by atoms with Gasteiger partial charge in [-0.25, -0.2) is 21.6 Å². The molecular formula is C44H57N5O7S2. The fourth-order valence-corrected chi connectivity index (χ4v) is 10.1. The van der Waals surface area contributed by atoms with E-state index in [0.29, 0.717) is 35.6 Å². The number of nitrogens with two attached hydrogens (primary N) is 1. The van der Waals surface area contributed by atoms with E-state index in [9.17, 15) is 26.4 Å². The predicted molar refractivity (Wildman–Crippen MR) is 231 cm³/mol. The van der Waals surface area contributed by atoms with Gasteiger partial charge in [-0.1, -0.05) is 85.6 Å². The molecule has 0 bridgehead atoms. The van der Waals surface area contributed by atoms with Gasteiger partial charge in [-0.2, -0.15) is 0 Å². The minimum absolute atomic E-state index is 0.0413. The lowest BCUT2D eigenvalue weighted by atomic mass is 10.1. The molecule has 58 heavy (non-hydrogen) atoms. The molecule has 4 aromatic rings. The van der Waals surface area contributed by atoms with Crippen LogP contribution in [0.3, 0.4) is 0 Å². The van der Waals surface area contributed by atoms with Crippen LogP contribution in [0.25, 0.3) is 0 Å². The van der Waals surface area contributed by atoms with Crippen LogP contribution >= 0.6 is 0 Å². The smallest absolute Gasteiger partial charge is 0.337 e. The zero-order valence-electron chi connectivity index (χ0n) is 33.5. The summed E-state index contributed by atoms with van der Waals surface area (Å²) in [6.07, 6.45) is 6.99. The standard InChI is InChI=1S/C22H29N3O3S.C22H28N2O4S/c23-17-22(26)20-11-9-19(10-12-20)18-25(21-7-3-1-4-8-21)29(27,28)16-15-24-13-5-2-6-14-24;1-28-22(25)20-12-10-19(11-13-20)18-24(21-8-4-2-5-9-21)29(26,27)17-16-23-14-6-3-7-15-23/h1,3-4,7-12H,2,5-6,13-18,23H2;2,4-5,8-13H,3,6-7,14-18H2,1H3. The van der Waals surface area contributed by atoms with Gasteiger partial charge in [0.25, 0.3) is 0 Å². The average Bonchev–Trinajstić information content (AvgIpc) is 3.27. The lowest BCUT2D eigenvalue weighted by Gasteiger charge is -2.29. The molecule has 6 rings (SSSR count). The number of sulfonamides is 2. The van der Waals surface area contributed by atoms with E-state index in [0.717, 1.165) is 63.0 Å². The zero-order chi connectivity index (χ0) is 41.4. The molecule has 2 heterocycles. The molecule has 0 spiro atoms. The zero-order valence-corrected chi connectivity index (χ0v) is 35.1. The molecule has 0 radical (unpaired) electrons. The van der Waals surface area contributed by atoms with E-state index in [1.807, 2.05) is 48.5 Å². The molecule has 0 saturated carbocycles. The van der Waals surface area contributed by atoms with E-state index in [1.54, 1.807) is 60.7 Å². The summed E-state index contributed by atoms with van der Waals surface area (Å²) in [7, 11) is -5.67. The number of piperidine rings is 2. The van der Waals surface area contributed by atoms with E-state index in [2.05, 4.69) is 9.80 Å². The van der Waals surface area contributed by atoms with Crippen molar-refractivity contribution in [3.05, 3.63) is 131 Å². The predicted octanol–water partition coefficient (Wildman–Crippen LogP) is 5.95. The first-order valence-electron chi connectivity index (χ1n) is 20.0. The number of likely N-dealkylation sites (tertiary alicyclic amines) is 2. The molecular weight excluding hydrogens is 775 g/mol. The quantitative estimate of drug-likeness (QED) is 0.100. The minimum Gasteiger partial charge on any atom is -0.465 e. The Morgan fingerprint density at radius 3 is 1.31 bits per heavy atom. The SMILES string of the molecule is COC(=O)c1ccc(CN(c2ccccc2)S(=O)(=O)CCN2CCCCC2)cc1.NCC(=O)c1ccc(CN(c2ccccc2)S(=O)(=O)CCN2CCCCC2)cc1. The van der Waals surface area contributed by atoms with Crippen molar-refractivity contribution in [3.8, 4) is 0 Å². The number of para-hydroxylation sites is 2. The highest BCUT2D eigenvalue weighted by atomic mass is 32.2. The van der Waals surface area contributed by atoms with Gasteiger partial charge >= 0.3 is 5.97 Å². The van der Waals surface area contributed by atoms with Crippen LogP contribution in [-0.4, -0.2) is 103 Å². The molecule has 4 aromatic carbocycles. The van der Waals surface area contributed by atoms with E-state index >= 15 is 0 Å². The molecule has 312 valence electrons. The summed E-state index contributed by atoms with van der Waals surface area (Å²) < 4.78 is 60.6. The third-order valence-electron chi connectivity index (χ3n) is 10.5. The van der Waals surface area contributed by atoms with Crippen LogP contribution in [0.2, 0.25) is 0 Å². The maximum Gasteiger partial charge on any atom is 0.337 e. The lowest BCUT2D eigenvalue weighted by Crippen LogP contribution is -2.39. The molecule has 0 aliphatic carbocycles. The average molecular weight is 832 g/mol. The monoisotopic (exact) mass is 831 g/mol. The number of hydrogen-bond acceptors (Lipinski definition) is 10.